The van der Waals surface area contributed by atoms with Gasteiger partial charge in [-0.15, -0.1) is 0 Å². The van der Waals surface area contributed by atoms with Crippen LogP contribution >= 0.6 is 23.2 Å². The third-order valence-electron chi connectivity index (χ3n) is 3.39. The quantitative estimate of drug-likeness (QED) is 0.801. The van der Waals surface area contributed by atoms with Gasteiger partial charge in [0.25, 0.3) is 5.91 Å². The van der Waals surface area contributed by atoms with Crippen molar-refractivity contribution in [3.8, 4) is 0 Å². The molecule has 0 aliphatic heterocycles. The molecule has 0 radical (unpaired) electrons. The zero-order valence-corrected chi connectivity index (χ0v) is 14.8. The molecule has 0 saturated heterocycles. The molecule has 1 N–H and O–H groups in total. The predicted molar refractivity (Wildman–Crippen MR) is 94.5 cm³/mol. The minimum atomic E-state index is -0.536. The molecule has 0 aromatic heterocycles. The van der Waals surface area contributed by atoms with Gasteiger partial charge in [-0.3, -0.25) is 4.79 Å². The molecule has 1 amide bonds. The second-order valence-corrected chi connectivity index (χ2v) is 6.24. The molecule has 0 heterocycles. The van der Waals surface area contributed by atoms with E-state index in [1.807, 2.05) is 13.0 Å². The van der Waals surface area contributed by atoms with Gasteiger partial charge in [0.1, 0.15) is 0 Å². The van der Waals surface area contributed by atoms with Gasteiger partial charge in [-0.1, -0.05) is 47.0 Å². The number of nitrogens with one attached hydrogen (secondary N) is 1. The van der Waals surface area contributed by atoms with Gasteiger partial charge in [-0.2, -0.15) is 0 Å². The number of ether oxygens (including phenoxy) is 1. The van der Waals surface area contributed by atoms with Crippen LogP contribution in [0.15, 0.2) is 42.5 Å². The molecule has 1 atom stereocenters. The van der Waals surface area contributed by atoms with Crippen molar-refractivity contribution < 1.29 is 14.3 Å². The van der Waals surface area contributed by atoms with Crippen molar-refractivity contribution in [2.75, 3.05) is 6.61 Å². The van der Waals surface area contributed by atoms with E-state index in [1.165, 1.54) is 0 Å². The number of amides is 1. The van der Waals surface area contributed by atoms with Crippen LogP contribution in [-0.4, -0.2) is 18.5 Å². The molecule has 0 unspecified atom stereocenters. The summed E-state index contributed by atoms with van der Waals surface area (Å²) in [7, 11) is 0. The fourth-order valence-corrected chi connectivity index (χ4v) is 2.77. The maximum atomic E-state index is 12.0. The maximum Gasteiger partial charge on any atom is 0.338 e. The van der Waals surface area contributed by atoms with Crippen molar-refractivity contribution in [1.29, 1.82) is 0 Å². The third kappa shape index (κ3) is 4.98. The van der Waals surface area contributed by atoms with Crippen LogP contribution in [0, 0.1) is 6.92 Å². The molecular weight excluding hydrogens is 349 g/mol. The summed E-state index contributed by atoms with van der Waals surface area (Å²) in [4.78, 5) is 23.9. The second kappa shape index (κ2) is 8.18. The van der Waals surface area contributed by atoms with Crippen molar-refractivity contribution in [1.82, 2.24) is 5.32 Å². The molecule has 126 valence electrons. The van der Waals surface area contributed by atoms with Gasteiger partial charge < -0.3 is 10.1 Å². The average Bonchev–Trinajstić information content (AvgIpc) is 2.52. The number of rotatable bonds is 5. The Morgan fingerprint density at radius 1 is 1.17 bits per heavy atom. The van der Waals surface area contributed by atoms with E-state index >= 15 is 0 Å². The van der Waals surface area contributed by atoms with E-state index in [0.29, 0.717) is 15.6 Å². The largest absolute Gasteiger partial charge is 0.452 e. The van der Waals surface area contributed by atoms with Crippen molar-refractivity contribution in [3.63, 3.8) is 0 Å². The lowest BCUT2D eigenvalue weighted by Crippen LogP contribution is -2.31. The van der Waals surface area contributed by atoms with Gasteiger partial charge in [-0.05, 0) is 43.7 Å². The fraction of sp³-hybridized carbons (Fsp3) is 0.222. The Labute approximate surface area is 150 Å². The lowest BCUT2D eigenvalue weighted by atomic mass is 10.1. The standard InChI is InChI=1S/C18H17Cl2NO3/c1-11-4-3-5-13(8-11)18(23)24-10-17(22)21-12(2)15-7-6-14(19)9-16(15)20/h3-9,12H,10H2,1-2H3,(H,21,22)/t12-/m0/s1. The molecular formula is C18H17Cl2NO3. The summed E-state index contributed by atoms with van der Waals surface area (Å²) in [6.45, 7) is 3.30. The molecule has 24 heavy (non-hydrogen) atoms. The molecule has 2 aromatic carbocycles. The summed E-state index contributed by atoms with van der Waals surface area (Å²) in [5, 5.41) is 3.72. The molecule has 0 saturated carbocycles. The monoisotopic (exact) mass is 365 g/mol. The number of hydrogen-bond acceptors (Lipinski definition) is 3. The van der Waals surface area contributed by atoms with Gasteiger partial charge >= 0.3 is 5.97 Å². The van der Waals surface area contributed by atoms with Crippen LogP contribution in [0.2, 0.25) is 10.0 Å². The highest BCUT2D eigenvalue weighted by Gasteiger charge is 2.15. The molecule has 0 fully saturated rings. The van der Waals surface area contributed by atoms with Gasteiger partial charge in [0.15, 0.2) is 6.61 Å². The minimum Gasteiger partial charge on any atom is -0.452 e. The lowest BCUT2D eigenvalue weighted by molar-refractivity contribution is -0.124. The van der Waals surface area contributed by atoms with Crippen molar-refractivity contribution in [2.45, 2.75) is 19.9 Å². The Morgan fingerprint density at radius 3 is 2.58 bits per heavy atom. The van der Waals surface area contributed by atoms with Crippen molar-refractivity contribution in [2.24, 2.45) is 0 Å². The Bertz CT molecular complexity index is 762. The number of hydrogen-bond donors (Lipinski definition) is 1. The van der Waals surface area contributed by atoms with Crippen LogP contribution < -0.4 is 5.32 Å². The molecule has 0 bridgehead atoms. The van der Waals surface area contributed by atoms with E-state index in [9.17, 15) is 9.59 Å². The van der Waals surface area contributed by atoms with Crippen LogP contribution in [-0.2, 0) is 9.53 Å². The molecule has 0 aliphatic carbocycles. The maximum absolute atomic E-state index is 12.0. The number of carbonyl (C=O) groups is 2. The molecule has 0 spiro atoms. The number of carbonyl (C=O) groups excluding carboxylic acids is 2. The van der Waals surface area contributed by atoms with Crippen LogP contribution in [0.5, 0.6) is 0 Å². The first kappa shape index (κ1) is 18.3. The molecule has 2 aromatic rings. The van der Waals surface area contributed by atoms with Crippen molar-refractivity contribution >= 4 is 35.1 Å². The summed E-state index contributed by atoms with van der Waals surface area (Å²) in [5.74, 6) is -0.944. The predicted octanol–water partition coefficient (Wildman–Crippen LogP) is 4.34. The van der Waals surface area contributed by atoms with Crippen LogP contribution in [0.4, 0.5) is 0 Å². The first-order valence-electron chi connectivity index (χ1n) is 7.35. The number of halogens is 2. The summed E-state index contributed by atoms with van der Waals surface area (Å²) in [5.41, 5.74) is 2.09. The number of benzene rings is 2. The number of esters is 1. The number of aryl methyl sites for hydroxylation is 1. The van der Waals surface area contributed by atoms with E-state index in [-0.39, 0.29) is 12.6 Å². The Hall–Kier alpha value is -2.04. The Balaban J connectivity index is 1.90. The Kier molecular flexibility index (Phi) is 6.23. The van der Waals surface area contributed by atoms with E-state index in [0.717, 1.165) is 11.1 Å². The van der Waals surface area contributed by atoms with Gasteiger partial charge in [0, 0.05) is 10.0 Å². The zero-order valence-electron chi connectivity index (χ0n) is 13.3. The average molecular weight is 366 g/mol. The summed E-state index contributed by atoms with van der Waals surface area (Å²) in [6, 6.07) is 11.7. The van der Waals surface area contributed by atoms with Crippen molar-refractivity contribution in [3.05, 3.63) is 69.2 Å². The topological polar surface area (TPSA) is 55.4 Å². The normalized spacial score (nSPS) is 11.7. The molecule has 4 nitrogen and oxygen atoms in total. The summed E-state index contributed by atoms with van der Waals surface area (Å²) in [6.07, 6.45) is 0. The van der Waals surface area contributed by atoms with Crippen LogP contribution in [0.3, 0.4) is 0 Å². The van der Waals surface area contributed by atoms with Crippen LogP contribution in [0.25, 0.3) is 0 Å². The van der Waals surface area contributed by atoms with E-state index in [4.69, 9.17) is 27.9 Å². The summed E-state index contributed by atoms with van der Waals surface area (Å²) < 4.78 is 5.03. The third-order valence-corrected chi connectivity index (χ3v) is 3.96. The van der Waals surface area contributed by atoms with E-state index in [1.54, 1.807) is 43.3 Å². The molecule has 0 aliphatic rings. The fourth-order valence-electron chi connectivity index (χ4n) is 2.20. The lowest BCUT2D eigenvalue weighted by Gasteiger charge is -2.16. The highest BCUT2D eigenvalue weighted by molar-refractivity contribution is 6.35. The molecule has 2 rings (SSSR count). The zero-order chi connectivity index (χ0) is 17.7. The van der Waals surface area contributed by atoms with Gasteiger partial charge in [0.05, 0.1) is 11.6 Å². The smallest absolute Gasteiger partial charge is 0.338 e. The van der Waals surface area contributed by atoms with Gasteiger partial charge in [-0.25, -0.2) is 4.79 Å². The van der Waals surface area contributed by atoms with Crippen LogP contribution in [0.1, 0.15) is 34.5 Å². The second-order valence-electron chi connectivity index (χ2n) is 5.40. The summed E-state index contributed by atoms with van der Waals surface area (Å²) >= 11 is 12.0. The first-order valence-corrected chi connectivity index (χ1v) is 8.10. The SMILES string of the molecule is Cc1cccc(C(=O)OCC(=O)N[C@@H](C)c2ccc(Cl)cc2Cl)c1. The van der Waals surface area contributed by atoms with E-state index < -0.39 is 11.9 Å². The Morgan fingerprint density at radius 2 is 1.92 bits per heavy atom. The highest BCUT2D eigenvalue weighted by atomic mass is 35.5. The van der Waals surface area contributed by atoms with E-state index in [2.05, 4.69) is 5.32 Å². The highest BCUT2D eigenvalue weighted by Crippen LogP contribution is 2.25. The molecule has 6 heteroatoms. The van der Waals surface area contributed by atoms with Gasteiger partial charge in [0.2, 0.25) is 0 Å². The minimum absolute atomic E-state index is 0.333. The first-order chi connectivity index (χ1) is 11.4.